The highest BCUT2D eigenvalue weighted by molar-refractivity contribution is 9.10. The van der Waals surface area contributed by atoms with Crippen LogP contribution in [0.2, 0.25) is 0 Å². The first-order chi connectivity index (χ1) is 8.06. The molecule has 0 unspecified atom stereocenters. The molecule has 1 aromatic carbocycles. The van der Waals surface area contributed by atoms with E-state index in [2.05, 4.69) is 20.9 Å². The summed E-state index contributed by atoms with van der Waals surface area (Å²) in [4.78, 5) is 15.9. The van der Waals surface area contributed by atoms with Crippen molar-refractivity contribution in [1.29, 1.82) is 0 Å². The minimum Gasteiger partial charge on any atom is -0.465 e. The number of carbonyl (C=O) groups is 1. The number of pyridine rings is 1. The second-order valence-corrected chi connectivity index (χ2v) is 4.69. The molecule has 0 amide bonds. The lowest BCUT2D eigenvalue weighted by atomic mass is 10.0. The molecule has 0 N–H and O–H groups in total. The van der Waals surface area contributed by atoms with Gasteiger partial charge in [0.2, 0.25) is 0 Å². The highest BCUT2D eigenvalue weighted by atomic mass is 79.9. The molecule has 0 aliphatic rings. The Labute approximate surface area is 108 Å². The predicted molar refractivity (Wildman–Crippen MR) is 70.3 cm³/mol. The number of halogens is 1. The van der Waals surface area contributed by atoms with Gasteiger partial charge in [0.05, 0.1) is 18.2 Å². The number of carbonyl (C=O) groups excluding carboxylic acids is 1. The summed E-state index contributed by atoms with van der Waals surface area (Å²) in [6.45, 7) is 3.99. The van der Waals surface area contributed by atoms with Gasteiger partial charge in [-0.25, -0.2) is 4.79 Å². The van der Waals surface area contributed by atoms with E-state index >= 15 is 0 Å². The first kappa shape index (κ1) is 12.0. The molecule has 2 aromatic rings. The molecular weight excluding hydrogens is 282 g/mol. The van der Waals surface area contributed by atoms with Crippen LogP contribution in [0.5, 0.6) is 0 Å². The Morgan fingerprint density at radius 3 is 2.59 bits per heavy atom. The van der Waals surface area contributed by atoms with Crippen LogP contribution in [0.3, 0.4) is 0 Å². The molecule has 3 nitrogen and oxygen atoms in total. The van der Waals surface area contributed by atoms with Crippen molar-refractivity contribution < 1.29 is 9.53 Å². The number of hydrogen-bond donors (Lipinski definition) is 0. The van der Waals surface area contributed by atoms with E-state index in [0.29, 0.717) is 5.56 Å². The number of rotatable bonds is 1. The van der Waals surface area contributed by atoms with Gasteiger partial charge in [-0.15, -0.1) is 0 Å². The third-order valence-electron chi connectivity index (χ3n) is 2.77. The van der Waals surface area contributed by atoms with Crippen LogP contribution in [0.25, 0.3) is 10.9 Å². The molecule has 0 saturated carbocycles. The van der Waals surface area contributed by atoms with Crippen molar-refractivity contribution in [2.75, 3.05) is 7.11 Å². The van der Waals surface area contributed by atoms with Gasteiger partial charge in [0.25, 0.3) is 0 Å². The zero-order valence-electron chi connectivity index (χ0n) is 9.87. The van der Waals surface area contributed by atoms with Gasteiger partial charge in [-0.3, -0.25) is 4.98 Å². The average Bonchev–Trinajstić information content (AvgIpc) is 2.33. The highest BCUT2D eigenvalue weighted by Gasteiger charge is 2.15. The van der Waals surface area contributed by atoms with E-state index in [9.17, 15) is 4.79 Å². The van der Waals surface area contributed by atoms with E-state index in [4.69, 9.17) is 4.74 Å². The average molecular weight is 294 g/mol. The molecule has 2 rings (SSSR count). The Hall–Kier alpha value is -1.42. The number of nitrogens with zero attached hydrogens (tertiary/aromatic N) is 1. The monoisotopic (exact) mass is 293 g/mol. The zero-order chi connectivity index (χ0) is 12.6. The van der Waals surface area contributed by atoms with E-state index in [1.165, 1.54) is 7.11 Å². The summed E-state index contributed by atoms with van der Waals surface area (Å²) in [6, 6.07) is 4.04. The van der Waals surface area contributed by atoms with Crippen LogP contribution in [0, 0.1) is 13.8 Å². The molecule has 88 valence electrons. The third-order valence-corrected chi connectivity index (χ3v) is 3.60. The first-order valence-corrected chi connectivity index (χ1v) is 5.98. The van der Waals surface area contributed by atoms with E-state index in [-0.39, 0.29) is 5.97 Å². The Morgan fingerprint density at radius 2 is 1.94 bits per heavy atom. The predicted octanol–water partition coefficient (Wildman–Crippen LogP) is 3.40. The zero-order valence-corrected chi connectivity index (χ0v) is 11.5. The number of aromatic nitrogens is 1. The van der Waals surface area contributed by atoms with Crippen molar-refractivity contribution in [2.45, 2.75) is 13.8 Å². The molecular formula is C13H12BrNO2. The van der Waals surface area contributed by atoms with Crippen LogP contribution in [-0.4, -0.2) is 18.1 Å². The van der Waals surface area contributed by atoms with Crippen LogP contribution in [0.15, 0.2) is 22.8 Å². The molecule has 0 radical (unpaired) electrons. The minimum atomic E-state index is -0.382. The quantitative estimate of drug-likeness (QED) is 0.757. The van der Waals surface area contributed by atoms with Gasteiger partial charge < -0.3 is 4.74 Å². The number of benzene rings is 1. The molecule has 17 heavy (non-hydrogen) atoms. The Balaban J connectivity index is 2.84. The summed E-state index contributed by atoms with van der Waals surface area (Å²) in [6.07, 6.45) is 1.55. The normalized spacial score (nSPS) is 10.6. The summed E-state index contributed by atoms with van der Waals surface area (Å²) in [5.41, 5.74) is 3.52. The molecule has 1 aromatic heterocycles. The van der Waals surface area contributed by atoms with Crippen LogP contribution in [0.4, 0.5) is 0 Å². The number of methoxy groups -OCH3 is 1. The van der Waals surface area contributed by atoms with E-state index in [0.717, 1.165) is 26.5 Å². The summed E-state index contributed by atoms with van der Waals surface area (Å²) in [7, 11) is 1.36. The number of esters is 1. The van der Waals surface area contributed by atoms with Crippen molar-refractivity contribution in [1.82, 2.24) is 4.98 Å². The maximum atomic E-state index is 11.6. The Kier molecular flexibility index (Phi) is 3.15. The summed E-state index contributed by atoms with van der Waals surface area (Å²) >= 11 is 3.47. The Bertz CT molecular complexity index is 608. The number of aryl methyl sites for hydroxylation is 2. The highest BCUT2D eigenvalue weighted by Crippen LogP contribution is 2.30. The van der Waals surface area contributed by atoms with Crippen molar-refractivity contribution in [3.63, 3.8) is 0 Å². The molecule has 0 aliphatic carbocycles. The van der Waals surface area contributed by atoms with Crippen molar-refractivity contribution in [3.8, 4) is 0 Å². The topological polar surface area (TPSA) is 39.2 Å². The van der Waals surface area contributed by atoms with Crippen LogP contribution in [0.1, 0.15) is 21.5 Å². The summed E-state index contributed by atoms with van der Waals surface area (Å²) in [5, 5.41) is 0.966. The molecule has 0 fully saturated rings. The van der Waals surface area contributed by atoms with Gasteiger partial charge >= 0.3 is 5.97 Å². The van der Waals surface area contributed by atoms with Crippen molar-refractivity contribution >= 4 is 32.8 Å². The lowest BCUT2D eigenvalue weighted by Gasteiger charge is -2.09. The number of fused-ring (bicyclic) bond motifs is 1. The lowest BCUT2D eigenvalue weighted by Crippen LogP contribution is -2.04. The van der Waals surface area contributed by atoms with Crippen molar-refractivity contribution in [3.05, 3.63) is 39.5 Å². The first-order valence-electron chi connectivity index (χ1n) is 5.19. The molecule has 0 saturated heterocycles. The fourth-order valence-electron chi connectivity index (χ4n) is 1.81. The molecule has 0 aliphatic heterocycles. The fraction of sp³-hybridized carbons (Fsp3) is 0.231. The van der Waals surface area contributed by atoms with Gasteiger partial charge in [-0.05, 0) is 40.9 Å². The van der Waals surface area contributed by atoms with Gasteiger partial charge in [-0.2, -0.15) is 0 Å². The largest absolute Gasteiger partial charge is 0.465 e. The Morgan fingerprint density at radius 1 is 1.29 bits per heavy atom. The minimum absolute atomic E-state index is 0.382. The molecule has 1 heterocycles. The number of hydrogen-bond acceptors (Lipinski definition) is 3. The maximum Gasteiger partial charge on any atom is 0.340 e. The summed E-state index contributed by atoms with van der Waals surface area (Å²) in [5.74, 6) is -0.382. The van der Waals surface area contributed by atoms with Gasteiger partial charge in [0, 0.05) is 16.1 Å². The second kappa shape index (κ2) is 4.45. The number of ether oxygens (including phenoxy) is 1. The smallest absolute Gasteiger partial charge is 0.340 e. The molecule has 0 bridgehead atoms. The van der Waals surface area contributed by atoms with Gasteiger partial charge in [0.1, 0.15) is 0 Å². The SMILES string of the molecule is COC(=O)c1cnc2c(C)ccc(C)c2c1Br. The van der Waals surface area contributed by atoms with E-state index in [1.54, 1.807) is 6.20 Å². The standard InChI is InChI=1S/C13H12BrNO2/c1-7-4-5-8(2)12-10(7)11(14)9(6-15-12)13(16)17-3/h4-6H,1-3H3. The summed E-state index contributed by atoms with van der Waals surface area (Å²) < 4.78 is 5.47. The molecule has 4 heteroatoms. The fourth-order valence-corrected chi connectivity index (χ4v) is 2.58. The molecule has 0 atom stereocenters. The lowest BCUT2D eigenvalue weighted by molar-refractivity contribution is 0.0599. The van der Waals surface area contributed by atoms with E-state index < -0.39 is 0 Å². The third kappa shape index (κ3) is 1.93. The second-order valence-electron chi connectivity index (χ2n) is 3.90. The molecule has 0 spiro atoms. The van der Waals surface area contributed by atoms with E-state index in [1.807, 2.05) is 26.0 Å². The van der Waals surface area contributed by atoms with Crippen molar-refractivity contribution in [2.24, 2.45) is 0 Å². The van der Waals surface area contributed by atoms with Gasteiger partial charge in [-0.1, -0.05) is 12.1 Å². The maximum absolute atomic E-state index is 11.6. The van der Waals surface area contributed by atoms with Gasteiger partial charge in [0.15, 0.2) is 0 Å². The van der Waals surface area contributed by atoms with Crippen LogP contribution in [-0.2, 0) is 4.74 Å². The van der Waals surface area contributed by atoms with Crippen LogP contribution >= 0.6 is 15.9 Å². The van der Waals surface area contributed by atoms with Crippen LogP contribution < -0.4 is 0 Å².